The summed E-state index contributed by atoms with van der Waals surface area (Å²) in [5.74, 6) is 0. The average Bonchev–Trinajstić information content (AvgIpc) is 3.33. The first kappa shape index (κ1) is 35.7. The Morgan fingerprint density at radius 3 is 1.17 bits per heavy atom. The lowest BCUT2D eigenvalue weighted by molar-refractivity contribution is 1.28. The minimum atomic E-state index is 1.09. The molecule has 0 unspecified atom stereocenters. The van der Waals surface area contributed by atoms with E-state index in [-0.39, 0.29) is 0 Å². The maximum absolute atomic E-state index is 2.40. The summed E-state index contributed by atoms with van der Waals surface area (Å²) in [6.45, 7) is 0. The summed E-state index contributed by atoms with van der Waals surface area (Å²) in [6.07, 6.45) is 0. The average molecular weight is 752 g/mol. The van der Waals surface area contributed by atoms with Crippen LogP contribution in [-0.2, 0) is 0 Å². The van der Waals surface area contributed by atoms with Gasteiger partial charge in [0.1, 0.15) is 0 Å². The second-order valence-electron chi connectivity index (χ2n) is 14.9. The standard InChI is InChI=1S/C58H41N/c1-5-15-42(16-6-1)45-27-33-53(34-28-45)59(58-38-32-51(43-17-7-2-8-18-43)41-57(58)48-22-11-4-12-23-48)54-35-29-46(30-36-54)50-31-37-55(56(40-50)47-20-9-3-10-21-47)52-26-25-44-19-13-14-24-49(44)39-52/h1-41H. The molecule has 278 valence electrons. The Labute approximate surface area is 346 Å². The van der Waals surface area contributed by atoms with Crippen LogP contribution in [-0.4, -0.2) is 0 Å². The van der Waals surface area contributed by atoms with Gasteiger partial charge in [-0.25, -0.2) is 0 Å². The molecular weight excluding hydrogens is 711 g/mol. The number of hydrogen-bond donors (Lipinski definition) is 0. The van der Waals surface area contributed by atoms with Crippen molar-refractivity contribution in [3.8, 4) is 66.8 Å². The lowest BCUT2D eigenvalue weighted by atomic mass is 9.90. The molecule has 0 aliphatic heterocycles. The van der Waals surface area contributed by atoms with Gasteiger partial charge < -0.3 is 4.90 Å². The van der Waals surface area contributed by atoms with Crippen molar-refractivity contribution in [2.45, 2.75) is 0 Å². The quantitative estimate of drug-likeness (QED) is 0.142. The van der Waals surface area contributed by atoms with E-state index in [0.29, 0.717) is 0 Å². The minimum absolute atomic E-state index is 1.09. The van der Waals surface area contributed by atoms with E-state index in [9.17, 15) is 0 Å². The van der Waals surface area contributed by atoms with Crippen LogP contribution in [0.4, 0.5) is 17.1 Å². The van der Waals surface area contributed by atoms with Gasteiger partial charge in [0.05, 0.1) is 5.69 Å². The summed E-state index contributed by atoms with van der Waals surface area (Å²) < 4.78 is 0. The Hall–Kier alpha value is -7.74. The molecule has 0 aromatic heterocycles. The molecule has 0 spiro atoms. The van der Waals surface area contributed by atoms with Crippen LogP contribution in [0.2, 0.25) is 0 Å². The number of nitrogens with zero attached hydrogens (tertiary/aromatic N) is 1. The molecule has 0 fully saturated rings. The van der Waals surface area contributed by atoms with Crippen molar-refractivity contribution in [2.24, 2.45) is 0 Å². The highest BCUT2D eigenvalue weighted by atomic mass is 15.1. The Morgan fingerprint density at radius 2 is 0.593 bits per heavy atom. The summed E-state index contributed by atoms with van der Waals surface area (Å²) in [6, 6.07) is 89.9. The molecule has 10 aromatic carbocycles. The molecule has 10 rings (SSSR count). The molecule has 0 aliphatic carbocycles. The van der Waals surface area contributed by atoms with Crippen LogP contribution in [0.15, 0.2) is 249 Å². The molecule has 0 saturated carbocycles. The fourth-order valence-corrected chi connectivity index (χ4v) is 8.24. The molecule has 59 heavy (non-hydrogen) atoms. The van der Waals surface area contributed by atoms with Gasteiger partial charge in [-0.2, -0.15) is 0 Å². The van der Waals surface area contributed by atoms with E-state index in [2.05, 4.69) is 254 Å². The maximum Gasteiger partial charge on any atom is 0.0540 e. The Balaban J connectivity index is 1.09. The minimum Gasteiger partial charge on any atom is -0.310 e. The van der Waals surface area contributed by atoms with Crippen molar-refractivity contribution in [3.63, 3.8) is 0 Å². The van der Waals surface area contributed by atoms with Crippen molar-refractivity contribution in [2.75, 3.05) is 4.90 Å². The molecule has 0 atom stereocenters. The summed E-state index contributed by atoms with van der Waals surface area (Å²) in [7, 11) is 0. The lowest BCUT2D eigenvalue weighted by Gasteiger charge is -2.29. The zero-order valence-electron chi connectivity index (χ0n) is 32.6. The van der Waals surface area contributed by atoms with E-state index in [0.717, 1.165) is 22.6 Å². The number of anilines is 3. The molecule has 0 bridgehead atoms. The van der Waals surface area contributed by atoms with Crippen LogP contribution in [0.5, 0.6) is 0 Å². The normalized spacial score (nSPS) is 11.1. The van der Waals surface area contributed by atoms with Crippen LogP contribution >= 0.6 is 0 Å². The van der Waals surface area contributed by atoms with E-state index >= 15 is 0 Å². The van der Waals surface area contributed by atoms with E-state index < -0.39 is 0 Å². The first-order chi connectivity index (χ1) is 29.2. The van der Waals surface area contributed by atoms with Crippen molar-refractivity contribution < 1.29 is 0 Å². The second kappa shape index (κ2) is 16.0. The molecule has 0 saturated heterocycles. The van der Waals surface area contributed by atoms with E-state index in [1.54, 1.807) is 0 Å². The number of benzene rings is 10. The number of fused-ring (bicyclic) bond motifs is 1. The largest absolute Gasteiger partial charge is 0.310 e. The van der Waals surface area contributed by atoms with E-state index in [1.165, 1.54) is 72.0 Å². The highest BCUT2D eigenvalue weighted by Gasteiger charge is 2.19. The molecule has 0 radical (unpaired) electrons. The summed E-state index contributed by atoms with van der Waals surface area (Å²) >= 11 is 0. The van der Waals surface area contributed by atoms with Crippen molar-refractivity contribution in [1.29, 1.82) is 0 Å². The lowest BCUT2D eigenvalue weighted by Crippen LogP contribution is -2.11. The van der Waals surface area contributed by atoms with Gasteiger partial charge in [-0.05, 0) is 121 Å². The number of hydrogen-bond acceptors (Lipinski definition) is 1. The summed E-state index contributed by atoms with van der Waals surface area (Å²) in [4.78, 5) is 2.40. The maximum atomic E-state index is 2.40. The van der Waals surface area contributed by atoms with Gasteiger partial charge in [0.2, 0.25) is 0 Å². The molecule has 0 heterocycles. The smallest absolute Gasteiger partial charge is 0.0540 e. The van der Waals surface area contributed by atoms with Gasteiger partial charge in [-0.15, -0.1) is 0 Å². The van der Waals surface area contributed by atoms with Crippen molar-refractivity contribution >= 4 is 27.8 Å². The molecular formula is C58H41N. The molecule has 10 aromatic rings. The van der Waals surface area contributed by atoms with Crippen LogP contribution in [0.1, 0.15) is 0 Å². The Morgan fingerprint density at radius 1 is 0.203 bits per heavy atom. The van der Waals surface area contributed by atoms with E-state index in [4.69, 9.17) is 0 Å². The predicted octanol–water partition coefficient (Wildman–Crippen LogP) is 16.3. The fraction of sp³-hybridized carbons (Fsp3) is 0. The van der Waals surface area contributed by atoms with Gasteiger partial charge in [-0.1, -0.05) is 200 Å². The highest BCUT2D eigenvalue weighted by molar-refractivity contribution is 5.94. The third kappa shape index (κ3) is 7.34. The van der Waals surface area contributed by atoms with Gasteiger partial charge in [-0.3, -0.25) is 0 Å². The Bertz CT molecular complexity index is 2990. The monoisotopic (exact) mass is 751 g/mol. The summed E-state index contributed by atoms with van der Waals surface area (Å²) in [5.41, 5.74) is 17.6. The summed E-state index contributed by atoms with van der Waals surface area (Å²) in [5, 5.41) is 2.49. The van der Waals surface area contributed by atoms with Crippen LogP contribution < -0.4 is 4.90 Å². The second-order valence-corrected chi connectivity index (χ2v) is 14.9. The van der Waals surface area contributed by atoms with Crippen molar-refractivity contribution in [1.82, 2.24) is 0 Å². The fourth-order valence-electron chi connectivity index (χ4n) is 8.24. The van der Waals surface area contributed by atoms with E-state index in [1.807, 2.05) is 0 Å². The van der Waals surface area contributed by atoms with Crippen LogP contribution in [0, 0.1) is 0 Å². The molecule has 1 heteroatoms. The topological polar surface area (TPSA) is 3.24 Å². The predicted molar refractivity (Wildman–Crippen MR) is 251 cm³/mol. The Kier molecular flexibility index (Phi) is 9.68. The molecule has 0 aliphatic rings. The van der Waals surface area contributed by atoms with Gasteiger partial charge in [0, 0.05) is 16.9 Å². The zero-order chi connectivity index (χ0) is 39.4. The zero-order valence-corrected chi connectivity index (χ0v) is 32.6. The molecule has 1 nitrogen and oxygen atoms in total. The highest BCUT2D eigenvalue weighted by Crippen LogP contribution is 2.44. The third-order valence-corrected chi connectivity index (χ3v) is 11.3. The molecule has 0 N–H and O–H groups in total. The van der Waals surface area contributed by atoms with Gasteiger partial charge in [0.15, 0.2) is 0 Å². The van der Waals surface area contributed by atoms with Gasteiger partial charge >= 0.3 is 0 Å². The number of rotatable bonds is 9. The first-order valence-corrected chi connectivity index (χ1v) is 20.2. The van der Waals surface area contributed by atoms with Crippen LogP contribution in [0.25, 0.3) is 77.5 Å². The third-order valence-electron chi connectivity index (χ3n) is 11.3. The SMILES string of the molecule is c1ccc(-c2ccc(N(c3ccc(-c4ccc(-c5ccc6ccccc6c5)c(-c5ccccc5)c4)cc3)c3ccc(-c4ccccc4)cc3-c3ccccc3)cc2)cc1. The van der Waals surface area contributed by atoms with Crippen molar-refractivity contribution in [3.05, 3.63) is 249 Å². The van der Waals surface area contributed by atoms with Gasteiger partial charge in [0.25, 0.3) is 0 Å². The first-order valence-electron chi connectivity index (χ1n) is 20.2. The van der Waals surface area contributed by atoms with Crippen LogP contribution in [0.3, 0.4) is 0 Å². The molecule has 0 amide bonds.